The zero-order chi connectivity index (χ0) is 25.3. The maximum absolute atomic E-state index is 14.5. The van der Waals surface area contributed by atoms with Crippen LogP contribution in [0.15, 0.2) is 34.5 Å². The van der Waals surface area contributed by atoms with Gasteiger partial charge in [-0.2, -0.15) is 10.2 Å². The first-order valence-electron chi connectivity index (χ1n) is 12.4. The molecule has 0 radical (unpaired) electrons. The highest BCUT2D eigenvalue weighted by Gasteiger charge is 2.57. The van der Waals surface area contributed by atoms with Crippen molar-refractivity contribution in [1.82, 2.24) is 4.90 Å². The summed E-state index contributed by atoms with van der Waals surface area (Å²) in [7, 11) is 3.34. The number of rotatable bonds is 6. The summed E-state index contributed by atoms with van der Waals surface area (Å²) in [6, 6.07) is 3.82. The molecule has 0 aromatic heterocycles. The second-order valence-corrected chi connectivity index (χ2v) is 10.9. The van der Waals surface area contributed by atoms with Gasteiger partial charge in [0, 0.05) is 20.1 Å². The molecule has 0 aliphatic heterocycles. The van der Waals surface area contributed by atoms with Gasteiger partial charge in [-0.3, -0.25) is 4.79 Å². The predicted octanol–water partition coefficient (Wildman–Crippen LogP) is 6.23. The van der Waals surface area contributed by atoms with Crippen molar-refractivity contribution in [2.45, 2.75) is 78.4 Å². The lowest BCUT2D eigenvalue weighted by Crippen LogP contribution is -2.52. The van der Waals surface area contributed by atoms with Gasteiger partial charge in [-0.05, 0) is 67.9 Å². The summed E-state index contributed by atoms with van der Waals surface area (Å²) in [6.07, 6.45) is 6.27. The molecule has 5 nitrogen and oxygen atoms in total. The number of benzene rings is 1. The lowest BCUT2D eigenvalue weighted by molar-refractivity contribution is -0.150. The maximum Gasteiger partial charge on any atom is 0.229 e. The summed E-state index contributed by atoms with van der Waals surface area (Å²) in [4.78, 5) is 15.6. The normalized spacial score (nSPS) is 30.5. The zero-order valence-corrected chi connectivity index (χ0v) is 21.3. The van der Waals surface area contributed by atoms with E-state index in [2.05, 4.69) is 24.1 Å². The van der Waals surface area contributed by atoms with Gasteiger partial charge in [0.2, 0.25) is 5.91 Å². The van der Waals surface area contributed by atoms with Gasteiger partial charge in [0.05, 0.1) is 22.8 Å². The summed E-state index contributed by atoms with van der Waals surface area (Å²) < 4.78 is 29.0. The van der Waals surface area contributed by atoms with Gasteiger partial charge in [-0.1, -0.05) is 39.8 Å². The Labute approximate surface area is 202 Å². The molecule has 5 atom stereocenters. The lowest BCUT2D eigenvalue weighted by Gasteiger charge is -2.46. The van der Waals surface area contributed by atoms with Crippen molar-refractivity contribution in [2.24, 2.45) is 32.9 Å². The Balaban J connectivity index is 1.87. The van der Waals surface area contributed by atoms with Crippen molar-refractivity contribution in [3.8, 4) is 0 Å². The third-order valence-electron chi connectivity index (χ3n) is 8.75. The Morgan fingerprint density at radius 2 is 1.85 bits per heavy atom. The van der Waals surface area contributed by atoms with Gasteiger partial charge >= 0.3 is 0 Å². The first-order valence-corrected chi connectivity index (χ1v) is 12.4. The number of aliphatic hydroxyl groups excluding tert-OH is 1. The number of carbonyl (C=O) groups is 1. The number of halogens is 2. The molecule has 3 rings (SSSR count). The number of allylic oxidation sites excluding steroid dienone is 1. The van der Waals surface area contributed by atoms with Gasteiger partial charge in [-0.15, -0.1) is 0 Å². The van der Waals surface area contributed by atoms with E-state index in [0.717, 1.165) is 32.1 Å². The number of hydrogen-bond donors (Lipinski definition) is 1. The molecule has 2 aliphatic rings. The highest BCUT2D eigenvalue weighted by Crippen LogP contribution is 2.59. The average molecular weight is 476 g/mol. The van der Waals surface area contributed by atoms with Crippen molar-refractivity contribution < 1.29 is 18.7 Å². The van der Waals surface area contributed by atoms with Crippen LogP contribution in [0.1, 0.15) is 71.8 Å². The number of nitrogens with zero attached hydrogens (tertiary/aromatic N) is 3. The molecule has 1 amide bonds. The van der Waals surface area contributed by atoms with E-state index in [1.54, 1.807) is 6.08 Å². The topological polar surface area (TPSA) is 65.3 Å². The molecule has 0 heterocycles. The fourth-order valence-corrected chi connectivity index (χ4v) is 6.27. The van der Waals surface area contributed by atoms with E-state index in [1.165, 1.54) is 25.2 Å². The van der Waals surface area contributed by atoms with Crippen LogP contribution in [0.25, 0.3) is 5.70 Å². The minimum absolute atomic E-state index is 0.0563. The van der Waals surface area contributed by atoms with Crippen molar-refractivity contribution in [3.05, 3.63) is 41.5 Å². The second-order valence-electron chi connectivity index (χ2n) is 10.9. The largest absolute Gasteiger partial charge is 0.393 e. The highest BCUT2D eigenvalue weighted by molar-refractivity contribution is 5.84. The van der Waals surface area contributed by atoms with Crippen molar-refractivity contribution in [1.29, 1.82) is 0 Å². The molecule has 1 N–H and O–H groups in total. The first kappa shape index (κ1) is 26.5. The Morgan fingerprint density at radius 3 is 2.44 bits per heavy atom. The van der Waals surface area contributed by atoms with E-state index >= 15 is 0 Å². The number of aliphatic hydroxyl groups is 1. The van der Waals surface area contributed by atoms with E-state index in [-0.39, 0.29) is 46.6 Å². The Bertz CT molecular complexity index is 941. The molecule has 2 saturated carbocycles. The predicted molar refractivity (Wildman–Crippen MR) is 130 cm³/mol. The molecule has 1 aromatic carbocycles. The molecular weight excluding hydrogens is 436 g/mol. The molecule has 2 fully saturated rings. The maximum atomic E-state index is 14.5. The van der Waals surface area contributed by atoms with Crippen LogP contribution in [0.4, 0.5) is 8.78 Å². The van der Waals surface area contributed by atoms with E-state index < -0.39 is 17.0 Å². The minimum Gasteiger partial charge on any atom is -0.393 e. The summed E-state index contributed by atoms with van der Waals surface area (Å²) >= 11 is 0. The summed E-state index contributed by atoms with van der Waals surface area (Å²) in [6.45, 7) is 8.32. The Morgan fingerprint density at radius 1 is 1.21 bits per heavy atom. The van der Waals surface area contributed by atoms with Crippen LogP contribution in [0.5, 0.6) is 0 Å². The molecule has 34 heavy (non-hydrogen) atoms. The third kappa shape index (κ3) is 4.81. The van der Waals surface area contributed by atoms with Crippen LogP contribution in [-0.2, 0) is 4.79 Å². The van der Waals surface area contributed by atoms with E-state index in [1.807, 2.05) is 25.8 Å². The van der Waals surface area contributed by atoms with Crippen LogP contribution in [0.3, 0.4) is 0 Å². The van der Waals surface area contributed by atoms with E-state index in [0.29, 0.717) is 6.42 Å². The van der Waals surface area contributed by atoms with Crippen LogP contribution in [0, 0.1) is 34.3 Å². The lowest BCUT2D eigenvalue weighted by atomic mass is 9.62. The third-order valence-corrected chi connectivity index (χ3v) is 8.75. The van der Waals surface area contributed by atoms with Gasteiger partial charge < -0.3 is 10.0 Å². The van der Waals surface area contributed by atoms with E-state index in [4.69, 9.17) is 0 Å². The van der Waals surface area contributed by atoms with Crippen LogP contribution < -0.4 is 0 Å². The monoisotopic (exact) mass is 475 g/mol. The number of hydrogen-bond acceptors (Lipinski definition) is 4. The summed E-state index contributed by atoms with van der Waals surface area (Å²) in [5, 5.41) is 17.9. The Hall–Kier alpha value is -2.15. The van der Waals surface area contributed by atoms with Gasteiger partial charge in [0.25, 0.3) is 0 Å². The van der Waals surface area contributed by atoms with Crippen molar-refractivity contribution in [3.63, 3.8) is 0 Å². The minimum atomic E-state index is -0.673. The van der Waals surface area contributed by atoms with E-state index in [9.17, 15) is 18.7 Å². The first-order chi connectivity index (χ1) is 15.9. The molecule has 4 unspecified atom stereocenters. The molecule has 188 valence electrons. The molecule has 2 aliphatic carbocycles. The number of azo groups is 1. The summed E-state index contributed by atoms with van der Waals surface area (Å²) in [5.74, 6) is -1.20. The fourth-order valence-electron chi connectivity index (χ4n) is 6.27. The number of carbonyl (C=O) groups excluding carboxylic acids is 1. The highest BCUT2D eigenvalue weighted by atomic mass is 19.1. The Kier molecular flexibility index (Phi) is 7.96. The SMILES string of the molecule is C/N=N\C(=C/C(C)C1CC[C@](C)(C(=O)N(C)C2CCCC(O)C2)C1(C)C)c1c(F)cccc1F. The standard InChI is InChI=1S/C27H39F2N3O2/c1-17(15-23(31-30-5)24-21(28)11-8-12-22(24)29)20-13-14-27(4,26(20,2)3)25(34)32(6)18-9-7-10-19(33)16-18/h8,11-12,15,17-20,33H,7,9-10,13-14,16H2,1-6H3/b23-15-,31-30-/t17?,18?,19?,20?,27-/m1/s1. The van der Waals surface area contributed by atoms with Gasteiger partial charge in [0.15, 0.2) is 0 Å². The fraction of sp³-hybridized carbons (Fsp3) is 0.667. The summed E-state index contributed by atoms with van der Waals surface area (Å²) in [5.41, 5.74) is -0.934. The van der Waals surface area contributed by atoms with Crippen molar-refractivity contribution in [2.75, 3.05) is 14.1 Å². The molecule has 0 saturated heterocycles. The molecular formula is C27H39F2N3O2. The van der Waals surface area contributed by atoms with Crippen molar-refractivity contribution >= 4 is 11.6 Å². The smallest absolute Gasteiger partial charge is 0.229 e. The molecule has 0 bridgehead atoms. The quantitative estimate of drug-likeness (QED) is 0.496. The van der Waals surface area contributed by atoms with Gasteiger partial charge in [0.1, 0.15) is 11.6 Å². The van der Waals surface area contributed by atoms with Crippen LogP contribution in [0.2, 0.25) is 0 Å². The second kappa shape index (κ2) is 10.2. The zero-order valence-electron chi connectivity index (χ0n) is 21.3. The van der Waals surface area contributed by atoms with Crippen LogP contribution in [-0.4, -0.2) is 42.2 Å². The molecule has 7 heteroatoms. The average Bonchev–Trinajstić information content (AvgIpc) is 3.02. The molecule has 1 aromatic rings. The van der Waals surface area contributed by atoms with Crippen LogP contribution >= 0.6 is 0 Å². The number of amides is 1. The molecule has 0 spiro atoms. The van der Waals surface area contributed by atoms with Gasteiger partial charge in [-0.25, -0.2) is 8.78 Å².